The lowest BCUT2D eigenvalue weighted by molar-refractivity contribution is -0.134. The highest BCUT2D eigenvalue weighted by atomic mass is 16.2. The SMILES string of the molecule is CC(C)[C@@H]1NC(=O)C(Cc2ccccc2)NC(=O)CCc2cccc(c2)Nc2cccc(c2)CNC(=O)[C@H](C)NC1=O. The van der Waals surface area contributed by atoms with Gasteiger partial charge in [-0.2, -0.15) is 0 Å². The van der Waals surface area contributed by atoms with Crippen LogP contribution < -0.4 is 26.6 Å². The first-order valence-corrected chi connectivity index (χ1v) is 14.3. The molecule has 1 heterocycles. The first-order chi connectivity index (χ1) is 20.2. The van der Waals surface area contributed by atoms with Crippen LogP contribution >= 0.6 is 0 Å². The number of nitrogens with one attached hydrogen (secondary N) is 5. The summed E-state index contributed by atoms with van der Waals surface area (Å²) in [4.78, 5) is 52.7. The lowest BCUT2D eigenvalue weighted by Crippen LogP contribution is -2.58. The van der Waals surface area contributed by atoms with Crippen molar-refractivity contribution in [3.63, 3.8) is 0 Å². The van der Waals surface area contributed by atoms with E-state index in [-0.39, 0.29) is 37.1 Å². The minimum Gasteiger partial charge on any atom is -0.356 e. The summed E-state index contributed by atoms with van der Waals surface area (Å²) in [6, 6.07) is 22.3. The normalized spacial score (nSPS) is 20.7. The van der Waals surface area contributed by atoms with Crippen LogP contribution in [0.1, 0.15) is 43.9 Å². The molecule has 42 heavy (non-hydrogen) atoms. The van der Waals surface area contributed by atoms with Crippen LogP contribution in [0.2, 0.25) is 0 Å². The van der Waals surface area contributed by atoms with Crippen LogP contribution in [-0.2, 0) is 38.6 Å². The van der Waals surface area contributed by atoms with Gasteiger partial charge in [0.05, 0.1) is 0 Å². The maximum Gasteiger partial charge on any atom is 0.243 e. The van der Waals surface area contributed by atoms with Gasteiger partial charge in [-0.05, 0) is 60.2 Å². The Morgan fingerprint density at radius 1 is 0.714 bits per heavy atom. The van der Waals surface area contributed by atoms with Crippen LogP contribution in [0.3, 0.4) is 0 Å². The van der Waals surface area contributed by atoms with E-state index in [1.165, 1.54) is 0 Å². The van der Waals surface area contributed by atoms with Gasteiger partial charge in [0.25, 0.3) is 0 Å². The van der Waals surface area contributed by atoms with Crippen molar-refractivity contribution in [1.29, 1.82) is 0 Å². The second-order valence-electron chi connectivity index (χ2n) is 11.0. The van der Waals surface area contributed by atoms with Gasteiger partial charge in [0.2, 0.25) is 23.6 Å². The summed E-state index contributed by atoms with van der Waals surface area (Å²) in [6.45, 7) is 5.52. The van der Waals surface area contributed by atoms with Crippen LogP contribution in [0, 0.1) is 5.92 Å². The van der Waals surface area contributed by atoms with Crippen molar-refractivity contribution >= 4 is 35.0 Å². The van der Waals surface area contributed by atoms with Crippen molar-refractivity contribution in [3.05, 3.63) is 95.6 Å². The molecule has 4 rings (SSSR count). The van der Waals surface area contributed by atoms with E-state index in [1.54, 1.807) is 6.92 Å². The van der Waals surface area contributed by atoms with Crippen molar-refractivity contribution in [2.24, 2.45) is 5.92 Å². The molecule has 1 unspecified atom stereocenters. The van der Waals surface area contributed by atoms with E-state index in [1.807, 2.05) is 92.7 Å². The number of aryl methyl sites for hydroxylation is 1. The fourth-order valence-corrected chi connectivity index (χ4v) is 4.81. The highest BCUT2D eigenvalue weighted by molar-refractivity contribution is 5.94. The number of hydrogen-bond donors (Lipinski definition) is 5. The number of hydrogen-bond acceptors (Lipinski definition) is 5. The summed E-state index contributed by atoms with van der Waals surface area (Å²) in [5, 5.41) is 14.7. The molecule has 1 aliphatic rings. The summed E-state index contributed by atoms with van der Waals surface area (Å²) in [5.74, 6) is -1.81. The van der Waals surface area contributed by atoms with Crippen molar-refractivity contribution in [2.75, 3.05) is 5.32 Å². The van der Waals surface area contributed by atoms with Gasteiger partial charge in [-0.3, -0.25) is 19.2 Å². The van der Waals surface area contributed by atoms with Crippen LogP contribution in [0.4, 0.5) is 11.4 Å². The fraction of sp³-hybridized carbons (Fsp3) is 0.333. The predicted molar refractivity (Wildman–Crippen MR) is 163 cm³/mol. The molecular formula is C33H39N5O4. The van der Waals surface area contributed by atoms with Gasteiger partial charge >= 0.3 is 0 Å². The third-order valence-corrected chi connectivity index (χ3v) is 7.18. The Hall–Kier alpha value is -4.66. The highest BCUT2D eigenvalue weighted by Gasteiger charge is 2.30. The monoisotopic (exact) mass is 569 g/mol. The number of carbonyl (C=O) groups is 4. The third-order valence-electron chi connectivity index (χ3n) is 7.18. The van der Waals surface area contributed by atoms with E-state index in [9.17, 15) is 19.2 Å². The number of anilines is 2. The standard InChI is InChI=1S/C33H39N5O4/c1-21(2)30-33(42)35-22(3)31(40)34-20-25-12-8-14-27(18-25)36-26-13-7-11-24(17-26)15-16-29(39)37-28(32(41)38-30)19-23-9-5-4-6-10-23/h4-14,17-18,21-22,28,30,36H,15-16,19-20H2,1-3H3,(H,34,40)(H,35,42)(H,37,39)(H,38,41)/t22-,28?,30-/m0/s1. The number of carbonyl (C=O) groups excluding carboxylic acids is 4. The molecule has 0 saturated heterocycles. The van der Waals surface area contributed by atoms with E-state index in [0.29, 0.717) is 6.42 Å². The Balaban J connectivity index is 1.61. The zero-order valence-electron chi connectivity index (χ0n) is 24.3. The second kappa shape index (κ2) is 14.3. The molecular weight excluding hydrogens is 530 g/mol. The van der Waals surface area contributed by atoms with E-state index in [2.05, 4.69) is 26.6 Å². The average molecular weight is 570 g/mol. The van der Waals surface area contributed by atoms with Gasteiger partial charge in [-0.15, -0.1) is 0 Å². The van der Waals surface area contributed by atoms with Crippen molar-refractivity contribution < 1.29 is 19.2 Å². The molecule has 0 aromatic heterocycles. The molecule has 0 saturated carbocycles. The summed E-state index contributed by atoms with van der Waals surface area (Å²) < 4.78 is 0. The topological polar surface area (TPSA) is 128 Å². The molecule has 9 heteroatoms. The second-order valence-corrected chi connectivity index (χ2v) is 11.0. The molecule has 9 nitrogen and oxygen atoms in total. The van der Waals surface area contributed by atoms with Crippen LogP contribution in [-0.4, -0.2) is 41.8 Å². The largest absolute Gasteiger partial charge is 0.356 e. The predicted octanol–water partition coefficient (Wildman–Crippen LogP) is 3.37. The number of benzene rings is 3. The van der Waals surface area contributed by atoms with Gasteiger partial charge in [0, 0.05) is 30.8 Å². The van der Waals surface area contributed by atoms with E-state index in [4.69, 9.17) is 0 Å². The summed E-state index contributed by atoms with van der Waals surface area (Å²) in [7, 11) is 0. The van der Waals surface area contributed by atoms with Gasteiger partial charge < -0.3 is 26.6 Å². The summed E-state index contributed by atoms with van der Waals surface area (Å²) in [6.07, 6.45) is 0.945. The highest BCUT2D eigenvalue weighted by Crippen LogP contribution is 2.20. The lowest BCUT2D eigenvalue weighted by Gasteiger charge is -2.26. The molecule has 4 amide bonds. The Bertz CT molecular complexity index is 1410. The smallest absolute Gasteiger partial charge is 0.243 e. The van der Waals surface area contributed by atoms with Crippen LogP contribution in [0.5, 0.6) is 0 Å². The van der Waals surface area contributed by atoms with Crippen molar-refractivity contribution in [3.8, 4) is 0 Å². The molecule has 0 aliphatic carbocycles. The van der Waals surface area contributed by atoms with Crippen LogP contribution in [0.25, 0.3) is 0 Å². The molecule has 3 atom stereocenters. The minimum atomic E-state index is -0.900. The van der Waals surface area contributed by atoms with E-state index < -0.39 is 29.9 Å². The van der Waals surface area contributed by atoms with Gasteiger partial charge in [-0.25, -0.2) is 0 Å². The molecule has 5 N–H and O–H groups in total. The molecule has 4 bridgehead atoms. The zero-order valence-corrected chi connectivity index (χ0v) is 24.3. The summed E-state index contributed by atoms with van der Waals surface area (Å²) >= 11 is 0. The quantitative estimate of drug-likeness (QED) is 0.331. The zero-order chi connectivity index (χ0) is 30.1. The number of fused-ring (bicyclic) bond motifs is 4. The van der Waals surface area contributed by atoms with Crippen LogP contribution in [0.15, 0.2) is 78.9 Å². The maximum absolute atomic E-state index is 13.5. The van der Waals surface area contributed by atoms with Crippen molar-refractivity contribution in [1.82, 2.24) is 21.3 Å². The molecule has 3 aromatic carbocycles. The Kier molecular flexibility index (Phi) is 10.3. The molecule has 1 aliphatic heterocycles. The molecule has 0 fully saturated rings. The summed E-state index contributed by atoms with van der Waals surface area (Å²) in [5.41, 5.74) is 4.47. The Morgan fingerprint density at radius 3 is 2.07 bits per heavy atom. The first kappa shape index (κ1) is 30.3. The molecule has 0 radical (unpaired) electrons. The van der Waals surface area contributed by atoms with E-state index in [0.717, 1.165) is 28.1 Å². The van der Waals surface area contributed by atoms with E-state index >= 15 is 0 Å². The molecule has 0 spiro atoms. The Morgan fingerprint density at radius 2 is 1.38 bits per heavy atom. The Labute approximate surface area is 246 Å². The number of amides is 4. The number of rotatable bonds is 3. The third kappa shape index (κ3) is 8.67. The first-order valence-electron chi connectivity index (χ1n) is 14.3. The van der Waals surface area contributed by atoms with Gasteiger partial charge in [0.1, 0.15) is 18.1 Å². The van der Waals surface area contributed by atoms with Gasteiger partial charge in [-0.1, -0.05) is 68.4 Å². The van der Waals surface area contributed by atoms with Gasteiger partial charge in [0.15, 0.2) is 0 Å². The fourth-order valence-electron chi connectivity index (χ4n) is 4.81. The maximum atomic E-state index is 13.5. The van der Waals surface area contributed by atoms with Crippen molar-refractivity contribution in [2.45, 2.75) is 64.7 Å². The molecule has 220 valence electrons. The minimum absolute atomic E-state index is 0.191. The lowest BCUT2D eigenvalue weighted by atomic mass is 10.0. The molecule has 3 aromatic rings. The average Bonchev–Trinajstić information content (AvgIpc) is 2.97.